The minimum atomic E-state index is -3.94. The summed E-state index contributed by atoms with van der Waals surface area (Å²) >= 11 is 5.66. The smallest absolute Gasteiger partial charge is 0.271 e. The Morgan fingerprint density at radius 2 is 1.81 bits per heavy atom. The van der Waals surface area contributed by atoms with Gasteiger partial charge < -0.3 is 10.4 Å². The maximum absolute atomic E-state index is 12.7. The summed E-state index contributed by atoms with van der Waals surface area (Å²) in [5.74, 6) is 0.526. The molecule has 3 N–H and O–H groups in total. The summed E-state index contributed by atoms with van der Waals surface area (Å²) < 4.78 is 27.7. The Balaban J connectivity index is 2.29. The van der Waals surface area contributed by atoms with E-state index in [4.69, 9.17) is 16.7 Å². The molecule has 27 heavy (non-hydrogen) atoms. The second kappa shape index (κ2) is 9.54. The van der Waals surface area contributed by atoms with E-state index < -0.39 is 14.9 Å². The molecule has 0 saturated carbocycles. The molecule has 0 aliphatic carbocycles. The number of aliphatic hydroxyl groups excluding tert-OH is 1. The van der Waals surface area contributed by atoms with Crippen molar-refractivity contribution in [3.8, 4) is 0 Å². The minimum absolute atomic E-state index is 0.0314. The minimum Gasteiger partial charge on any atom is -0.395 e. The Hall–Kier alpha value is -2.36. The van der Waals surface area contributed by atoms with Crippen LogP contribution in [0, 0.1) is 10.1 Å². The highest BCUT2D eigenvalue weighted by Crippen LogP contribution is 2.29. The largest absolute Gasteiger partial charge is 0.395 e. The summed E-state index contributed by atoms with van der Waals surface area (Å²) in [6.45, 7) is -0.00521. The van der Waals surface area contributed by atoms with Gasteiger partial charge in [0.15, 0.2) is 0 Å². The first-order valence-electron chi connectivity index (χ1n) is 8.18. The zero-order valence-corrected chi connectivity index (χ0v) is 16.0. The molecule has 0 bridgehead atoms. The number of nitrogens with zero attached hydrogens (tertiary/aromatic N) is 1. The van der Waals surface area contributed by atoms with Crippen LogP contribution in [0.4, 0.5) is 17.1 Å². The molecule has 0 atom stereocenters. The Labute approximate surface area is 162 Å². The number of aliphatic hydroxyl groups is 1. The van der Waals surface area contributed by atoms with Crippen LogP contribution >= 0.6 is 11.6 Å². The number of hydrogen-bond donors (Lipinski definition) is 3. The number of anilines is 2. The number of benzene rings is 2. The van der Waals surface area contributed by atoms with E-state index in [2.05, 4.69) is 10.0 Å². The Morgan fingerprint density at radius 1 is 1.11 bits per heavy atom. The summed E-state index contributed by atoms with van der Waals surface area (Å²) in [6.07, 6.45) is 1.54. The lowest BCUT2D eigenvalue weighted by atomic mass is 10.1. The van der Waals surface area contributed by atoms with Crippen molar-refractivity contribution < 1.29 is 18.4 Å². The molecule has 0 amide bonds. The van der Waals surface area contributed by atoms with Crippen molar-refractivity contribution in [1.82, 2.24) is 0 Å². The molecule has 0 saturated heterocycles. The number of aryl methyl sites for hydroxylation is 1. The number of nitrogens with one attached hydrogen (secondary N) is 2. The van der Waals surface area contributed by atoms with Crippen LogP contribution in [0.1, 0.15) is 12.0 Å². The predicted molar refractivity (Wildman–Crippen MR) is 105 cm³/mol. The first-order valence-corrected chi connectivity index (χ1v) is 10.2. The van der Waals surface area contributed by atoms with Crippen LogP contribution in [0.3, 0.4) is 0 Å². The molecule has 0 spiro atoms. The summed E-state index contributed by atoms with van der Waals surface area (Å²) in [6, 6.07) is 10.1. The fourth-order valence-electron chi connectivity index (χ4n) is 2.38. The number of hydrogen-bond acceptors (Lipinski definition) is 6. The van der Waals surface area contributed by atoms with Crippen LogP contribution in [0.15, 0.2) is 47.4 Å². The molecule has 2 rings (SSSR count). The van der Waals surface area contributed by atoms with Gasteiger partial charge in [-0.05, 0) is 36.6 Å². The fraction of sp³-hybridized carbons (Fsp3) is 0.294. The normalized spacial score (nSPS) is 11.2. The third kappa shape index (κ3) is 5.81. The lowest BCUT2D eigenvalue weighted by molar-refractivity contribution is -0.384. The van der Waals surface area contributed by atoms with Gasteiger partial charge in [0.25, 0.3) is 15.7 Å². The molecule has 8 nitrogen and oxygen atoms in total. The van der Waals surface area contributed by atoms with Gasteiger partial charge in [-0.25, -0.2) is 8.42 Å². The third-order valence-electron chi connectivity index (χ3n) is 3.72. The first-order chi connectivity index (χ1) is 12.9. The molecule has 0 unspecified atom stereocenters. The van der Waals surface area contributed by atoms with Crippen molar-refractivity contribution >= 4 is 38.7 Å². The van der Waals surface area contributed by atoms with Gasteiger partial charge in [0, 0.05) is 24.6 Å². The maximum atomic E-state index is 12.7. The number of nitro groups is 1. The fourth-order valence-corrected chi connectivity index (χ4v) is 3.59. The average molecular weight is 414 g/mol. The van der Waals surface area contributed by atoms with Gasteiger partial charge in [0.2, 0.25) is 0 Å². The highest BCUT2D eigenvalue weighted by Gasteiger charge is 2.18. The van der Waals surface area contributed by atoms with E-state index in [1.165, 1.54) is 24.3 Å². The number of alkyl halides is 1. The van der Waals surface area contributed by atoms with Crippen LogP contribution < -0.4 is 10.0 Å². The van der Waals surface area contributed by atoms with Crippen molar-refractivity contribution in [1.29, 1.82) is 0 Å². The van der Waals surface area contributed by atoms with Crippen LogP contribution in [0.5, 0.6) is 0 Å². The number of non-ortho nitro benzene ring substituents is 1. The van der Waals surface area contributed by atoms with E-state index in [0.29, 0.717) is 11.6 Å². The van der Waals surface area contributed by atoms with Crippen molar-refractivity contribution in [2.75, 3.05) is 29.1 Å². The van der Waals surface area contributed by atoms with Gasteiger partial charge in [-0.15, -0.1) is 11.6 Å². The average Bonchev–Trinajstić information content (AvgIpc) is 2.65. The number of rotatable bonds is 10. The quantitative estimate of drug-likeness (QED) is 0.312. The molecular formula is C17H20ClN3O5S. The highest BCUT2D eigenvalue weighted by molar-refractivity contribution is 7.92. The van der Waals surface area contributed by atoms with Crippen LogP contribution in [0.25, 0.3) is 0 Å². The van der Waals surface area contributed by atoms with Gasteiger partial charge in [-0.3, -0.25) is 14.8 Å². The lowest BCUT2D eigenvalue weighted by Crippen LogP contribution is -2.15. The second-order valence-electron chi connectivity index (χ2n) is 5.68. The van der Waals surface area contributed by atoms with Crippen LogP contribution in [0.2, 0.25) is 0 Å². The van der Waals surface area contributed by atoms with E-state index >= 15 is 0 Å². The molecule has 0 aliphatic rings. The number of sulfonamides is 1. The Morgan fingerprint density at radius 3 is 2.41 bits per heavy atom. The van der Waals surface area contributed by atoms with E-state index in [1.807, 2.05) is 0 Å². The van der Waals surface area contributed by atoms with Crippen LogP contribution in [-0.4, -0.2) is 37.5 Å². The highest BCUT2D eigenvalue weighted by atomic mass is 35.5. The van der Waals surface area contributed by atoms with Gasteiger partial charge in [-0.2, -0.15) is 0 Å². The van der Waals surface area contributed by atoms with Crippen LogP contribution in [-0.2, 0) is 16.4 Å². The molecule has 0 aliphatic heterocycles. The van der Waals surface area contributed by atoms with E-state index in [1.54, 1.807) is 12.1 Å². The van der Waals surface area contributed by atoms with Crippen molar-refractivity contribution in [3.63, 3.8) is 0 Å². The molecule has 0 heterocycles. The van der Waals surface area contributed by atoms with Gasteiger partial charge >= 0.3 is 0 Å². The van der Waals surface area contributed by atoms with Crippen molar-refractivity contribution in [2.45, 2.75) is 17.7 Å². The molecule has 0 radical (unpaired) electrons. The molecule has 146 valence electrons. The Bertz CT molecular complexity index is 888. The molecule has 2 aromatic rings. The molecule has 0 fully saturated rings. The van der Waals surface area contributed by atoms with Crippen molar-refractivity contribution in [2.24, 2.45) is 0 Å². The zero-order chi connectivity index (χ0) is 19.9. The van der Waals surface area contributed by atoms with Gasteiger partial charge in [0.1, 0.15) is 0 Å². The first kappa shape index (κ1) is 20.9. The standard InChI is InChI=1S/C17H20ClN3O5S/c18-9-1-2-13-3-6-15(7-4-13)27(25,26)20-17-12-14(21(23)24)5-8-16(17)19-10-11-22/h3-8,12,19-20,22H,1-2,9-11H2. The second-order valence-corrected chi connectivity index (χ2v) is 7.74. The molecule has 2 aromatic carbocycles. The molecule has 10 heteroatoms. The third-order valence-corrected chi connectivity index (χ3v) is 5.37. The molecular weight excluding hydrogens is 394 g/mol. The molecule has 0 aromatic heterocycles. The summed E-state index contributed by atoms with van der Waals surface area (Å²) in [5, 5.41) is 22.8. The van der Waals surface area contributed by atoms with E-state index in [0.717, 1.165) is 24.5 Å². The number of nitro benzene ring substituents is 1. The Kier molecular flexibility index (Phi) is 7.40. The van der Waals surface area contributed by atoms with Gasteiger partial charge in [0.05, 0.1) is 27.8 Å². The predicted octanol–water partition coefficient (Wildman–Crippen LogP) is 2.97. The summed E-state index contributed by atoms with van der Waals surface area (Å²) in [7, 11) is -3.94. The monoisotopic (exact) mass is 413 g/mol. The maximum Gasteiger partial charge on any atom is 0.271 e. The zero-order valence-electron chi connectivity index (χ0n) is 14.4. The number of halogens is 1. The summed E-state index contributed by atoms with van der Waals surface area (Å²) in [5.41, 5.74) is 1.08. The van der Waals surface area contributed by atoms with Crippen molar-refractivity contribution in [3.05, 3.63) is 58.1 Å². The topological polar surface area (TPSA) is 122 Å². The van der Waals surface area contributed by atoms with E-state index in [9.17, 15) is 18.5 Å². The van der Waals surface area contributed by atoms with Gasteiger partial charge in [-0.1, -0.05) is 12.1 Å². The van der Waals surface area contributed by atoms with E-state index in [-0.39, 0.29) is 29.4 Å². The SMILES string of the molecule is O=[N+]([O-])c1ccc(NCCO)c(NS(=O)(=O)c2ccc(CCCCl)cc2)c1. The summed E-state index contributed by atoms with van der Waals surface area (Å²) in [4.78, 5) is 10.4. The lowest BCUT2D eigenvalue weighted by Gasteiger charge is -2.14.